The lowest BCUT2D eigenvalue weighted by Gasteiger charge is -2.23. The Morgan fingerprint density at radius 3 is 2.79 bits per heavy atom. The number of nitrogens with zero attached hydrogens (tertiary/aromatic N) is 5. The van der Waals surface area contributed by atoms with Gasteiger partial charge in [-0.15, -0.1) is 0 Å². The number of para-hydroxylation sites is 1. The molecule has 0 unspecified atom stereocenters. The quantitative estimate of drug-likeness (QED) is 0.347. The van der Waals surface area contributed by atoms with Crippen molar-refractivity contribution in [2.45, 2.75) is 13.3 Å². The van der Waals surface area contributed by atoms with Gasteiger partial charge in [0.15, 0.2) is 12.0 Å². The minimum absolute atomic E-state index is 0.118. The number of anilines is 3. The minimum atomic E-state index is -0.118. The van der Waals surface area contributed by atoms with Crippen LogP contribution in [-0.2, 0) is 6.42 Å². The van der Waals surface area contributed by atoms with E-state index in [2.05, 4.69) is 4.98 Å². The summed E-state index contributed by atoms with van der Waals surface area (Å²) in [7, 11) is 1.76. The van der Waals surface area contributed by atoms with Crippen molar-refractivity contribution in [1.29, 1.82) is 0 Å². The highest BCUT2D eigenvalue weighted by Gasteiger charge is 2.30. The van der Waals surface area contributed by atoms with Crippen LogP contribution in [0, 0.1) is 5.21 Å². The van der Waals surface area contributed by atoms with Gasteiger partial charge >= 0.3 is 0 Å². The van der Waals surface area contributed by atoms with Crippen molar-refractivity contribution in [2.75, 3.05) is 30.0 Å². The van der Waals surface area contributed by atoms with Gasteiger partial charge in [0, 0.05) is 44.5 Å². The first-order chi connectivity index (χ1) is 16.1. The molecule has 0 aliphatic carbocycles. The SMILES string of the molecule is CCN1c2ncccc2C(=O)N(C)c2cc(CCOc3cc[n+]([O-])c4ccccc34)cnc21. The maximum absolute atomic E-state index is 13.1. The summed E-state index contributed by atoms with van der Waals surface area (Å²) < 4.78 is 6.84. The van der Waals surface area contributed by atoms with Gasteiger partial charge in [-0.1, -0.05) is 12.1 Å². The van der Waals surface area contributed by atoms with Gasteiger partial charge in [0.1, 0.15) is 11.6 Å². The van der Waals surface area contributed by atoms with Crippen molar-refractivity contribution < 1.29 is 14.3 Å². The van der Waals surface area contributed by atoms with Gasteiger partial charge < -0.3 is 19.7 Å². The first-order valence-corrected chi connectivity index (χ1v) is 10.8. The zero-order valence-corrected chi connectivity index (χ0v) is 18.4. The second-order valence-corrected chi connectivity index (χ2v) is 7.79. The third kappa shape index (κ3) is 3.59. The number of hydrogen-bond acceptors (Lipinski definition) is 6. The van der Waals surface area contributed by atoms with Crippen molar-refractivity contribution >= 4 is 34.1 Å². The number of benzene rings is 1. The lowest BCUT2D eigenvalue weighted by atomic mass is 10.2. The maximum atomic E-state index is 13.1. The third-order valence-corrected chi connectivity index (χ3v) is 5.83. The van der Waals surface area contributed by atoms with Gasteiger partial charge in [0.25, 0.3) is 5.91 Å². The molecule has 0 radical (unpaired) electrons. The summed E-state index contributed by atoms with van der Waals surface area (Å²) in [6, 6.07) is 14.6. The average molecular weight is 441 g/mol. The second kappa shape index (κ2) is 8.38. The van der Waals surface area contributed by atoms with Crippen molar-refractivity contribution in [1.82, 2.24) is 9.97 Å². The van der Waals surface area contributed by atoms with Gasteiger partial charge in [-0.25, -0.2) is 9.97 Å². The highest BCUT2D eigenvalue weighted by Crippen LogP contribution is 2.37. The fraction of sp³-hybridized carbons (Fsp3) is 0.200. The van der Waals surface area contributed by atoms with Crippen molar-refractivity contribution in [2.24, 2.45) is 0 Å². The van der Waals surface area contributed by atoms with Gasteiger partial charge in [-0.05, 0) is 36.8 Å². The van der Waals surface area contributed by atoms with Crippen LogP contribution in [0.25, 0.3) is 10.9 Å². The van der Waals surface area contributed by atoms with Crippen LogP contribution < -0.4 is 19.3 Å². The highest BCUT2D eigenvalue weighted by molar-refractivity contribution is 6.12. The predicted octanol–water partition coefficient (Wildman–Crippen LogP) is 3.63. The van der Waals surface area contributed by atoms with E-state index in [1.54, 1.807) is 42.4 Å². The van der Waals surface area contributed by atoms with Gasteiger partial charge in [0.05, 0.1) is 23.2 Å². The van der Waals surface area contributed by atoms with E-state index >= 15 is 0 Å². The van der Waals surface area contributed by atoms with Crippen molar-refractivity contribution in [3.05, 3.63) is 83.5 Å². The molecule has 166 valence electrons. The molecule has 0 bridgehead atoms. The van der Waals surface area contributed by atoms with E-state index in [9.17, 15) is 10.0 Å². The molecule has 0 spiro atoms. The Labute approximate surface area is 191 Å². The van der Waals surface area contributed by atoms with E-state index in [1.807, 2.05) is 42.3 Å². The molecule has 5 rings (SSSR count). The van der Waals surface area contributed by atoms with Crippen LogP contribution in [0.15, 0.2) is 67.1 Å². The number of ether oxygens (including phenoxy) is 1. The summed E-state index contributed by atoms with van der Waals surface area (Å²) >= 11 is 0. The topological polar surface area (TPSA) is 85.5 Å². The Bertz CT molecular complexity index is 1360. The number of aromatic nitrogens is 3. The standard InChI is InChI=1S/C25H23N5O3/c1-3-29-23-19(8-6-12-26-23)25(31)28(2)21-15-17(16-27-24(21)29)11-14-33-22-10-13-30(32)20-9-5-4-7-18(20)22/h4-10,12-13,15-16H,3,11,14H2,1-2H3. The Morgan fingerprint density at radius 1 is 1.09 bits per heavy atom. The fourth-order valence-electron chi connectivity index (χ4n) is 4.13. The van der Waals surface area contributed by atoms with Crippen LogP contribution in [0.5, 0.6) is 5.75 Å². The van der Waals surface area contributed by atoms with Crippen LogP contribution in [0.1, 0.15) is 22.8 Å². The molecule has 3 aromatic heterocycles. The Balaban J connectivity index is 1.41. The molecule has 0 atom stereocenters. The molecule has 0 N–H and O–H groups in total. The number of fused-ring (bicyclic) bond motifs is 3. The molecule has 0 saturated heterocycles. The summed E-state index contributed by atoms with van der Waals surface area (Å²) in [4.78, 5) is 25.8. The maximum Gasteiger partial charge on any atom is 0.261 e. The van der Waals surface area contributed by atoms with Crippen LogP contribution in [0.2, 0.25) is 0 Å². The molecule has 1 aliphatic heterocycles. The van der Waals surface area contributed by atoms with Gasteiger partial charge in [0.2, 0.25) is 5.52 Å². The molecule has 8 heteroatoms. The summed E-state index contributed by atoms with van der Waals surface area (Å²) in [6.07, 6.45) is 5.55. The molecule has 1 aromatic carbocycles. The molecule has 1 aliphatic rings. The zero-order valence-electron chi connectivity index (χ0n) is 18.4. The lowest BCUT2D eigenvalue weighted by molar-refractivity contribution is -0.577. The molecular weight excluding hydrogens is 418 g/mol. The summed E-state index contributed by atoms with van der Waals surface area (Å²) in [5.74, 6) is 1.86. The summed E-state index contributed by atoms with van der Waals surface area (Å²) in [5.41, 5.74) is 2.79. The lowest BCUT2D eigenvalue weighted by Crippen LogP contribution is -2.26. The van der Waals surface area contributed by atoms with Crippen molar-refractivity contribution in [3.8, 4) is 5.75 Å². The van der Waals surface area contributed by atoms with E-state index < -0.39 is 0 Å². The molecule has 8 nitrogen and oxygen atoms in total. The first-order valence-electron chi connectivity index (χ1n) is 10.8. The molecule has 4 heterocycles. The normalized spacial score (nSPS) is 13.0. The fourth-order valence-corrected chi connectivity index (χ4v) is 4.13. The smallest absolute Gasteiger partial charge is 0.261 e. The van der Waals surface area contributed by atoms with E-state index in [1.165, 1.54) is 6.20 Å². The van der Waals surface area contributed by atoms with Gasteiger partial charge in [-0.3, -0.25) is 4.79 Å². The summed E-state index contributed by atoms with van der Waals surface area (Å²) in [6.45, 7) is 3.05. The molecule has 1 amide bonds. The highest BCUT2D eigenvalue weighted by atomic mass is 16.5. The minimum Gasteiger partial charge on any atom is -0.618 e. The Kier molecular flexibility index (Phi) is 5.26. The molecule has 0 fully saturated rings. The molecule has 0 saturated carbocycles. The van der Waals surface area contributed by atoms with Crippen LogP contribution in [0.4, 0.5) is 17.3 Å². The monoisotopic (exact) mass is 441 g/mol. The van der Waals surface area contributed by atoms with Crippen LogP contribution in [-0.4, -0.2) is 36.1 Å². The largest absolute Gasteiger partial charge is 0.618 e. The molecule has 4 aromatic rings. The predicted molar refractivity (Wildman–Crippen MR) is 126 cm³/mol. The zero-order chi connectivity index (χ0) is 22.9. The number of rotatable bonds is 5. The Hall–Kier alpha value is -4.20. The number of amides is 1. The van der Waals surface area contributed by atoms with E-state index in [0.29, 0.717) is 48.0 Å². The number of pyridine rings is 3. The summed E-state index contributed by atoms with van der Waals surface area (Å²) in [5, 5.41) is 12.8. The number of carbonyl (C=O) groups is 1. The van der Waals surface area contributed by atoms with E-state index in [-0.39, 0.29) is 5.91 Å². The second-order valence-electron chi connectivity index (χ2n) is 7.79. The van der Waals surface area contributed by atoms with Crippen LogP contribution >= 0.6 is 0 Å². The van der Waals surface area contributed by atoms with Gasteiger partial charge in [-0.2, -0.15) is 4.73 Å². The van der Waals surface area contributed by atoms with Crippen LogP contribution in [0.3, 0.4) is 0 Å². The van der Waals surface area contributed by atoms with E-state index in [4.69, 9.17) is 9.72 Å². The van der Waals surface area contributed by atoms with E-state index in [0.717, 1.165) is 21.4 Å². The Morgan fingerprint density at radius 2 is 1.94 bits per heavy atom. The van der Waals surface area contributed by atoms with Crippen molar-refractivity contribution in [3.63, 3.8) is 0 Å². The number of hydrogen-bond donors (Lipinski definition) is 0. The molecule has 33 heavy (non-hydrogen) atoms. The number of carbonyl (C=O) groups excluding carboxylic acids is 1. The average Bonchev–Trinajstić information content (AvgIpc) is 2.94. The third-order valence-electron chi connectivity index (χ3n) is 5.83. The molecular formula is C25H23N5O3. The first kappa shape index (κ1) is 20.7.